The van der Waals surface area contributed by atoms with E-state index in [2.05, 4.69) is 29.0 Å². The van der Waals surface area contributed by atoms with Crippen LogP contribution in [0.3, 0.4) is 0 Å². The lowest BCUT2D eigenvalue weighted by Gasteiger charge is -2.37. The fourth-order valence-corrected chi connectivity index (χ4v) is 3.46. The molecule has 2 aliphatic heterocycles. The average molecular weight is 361 g/mol. The molecule has 3 aromatic rings. The van der Waals surface area contributed by atoms with Crippen LogP contribution in [0, 0.1) is 6.92 Å². The number of ether oxygens (including phenoxy) is 2. The lowest BCUT2D eigenvalue weighted by molar-refractivity contribution is -0.130. The predicted molar refractivity (Wildman–Crippen MR) is 102 cm³/mol. The first kappa shape index (κ1) is 15.9. The van der Waals surface area contributed by atoms with Crippen molar-refractivity contribution < 1.29 is 14.3 Å². The molecule has 1 aromatic heterocycles. The van der Waals surface area contributed by atoms with Gasteiger partial charge in [-0.05, 0) is 48.4 Å². The van der Waals surface area contributed by atoms with Crippen molar-refractivity contribution in [3.05, 3.63) is 59.4 Å². The summed E-state index contributed by atoms with van der Waals surface area (Å²) in [6, 6.07) is 11.8. The van der Waals surface area contributed by atoms with Gasteiger partial charge in [0.2, 0.25) is 12.7 Å². The molecule has 2 aromatic carbocycles. The van der Waals surface area contributed by atoms with Gasteiger partial charge < -0.3 is 19.4 Å². The molecule has 0 atom stereocenters. The maximum Gasteiger partial charge on any atom is 0.246 e. The molecule has 1 fully saturated rings. The molecule has 136 valence electrons. The summed E-state index contributed by atoms with van der Waals surface area (Å²) < 4.78 is 10.7. The summed E-state index contributed by atoms with van der Waals surface area (Å²) in [5, 5.41) is 0. The Bertz CT molecular complexity index is 1060. The minimum absolute atomic E-state index is 0.0101. The zero-order valence-electron chi connectivity index (χ0n) is 14.9. The fourth-order valence-electron chi connectivity index (χ4n) is 3.46. The van der Waals surface area contributed by atoms with Crippen LogP contribution < -0.4 is 9.47 Å². The summed E-state index contributed by atoms with van der Waals surface area (Å²) in [6.45, 7) is 3.68. The van der Waals surface area contributed by atoms with Crippen LogP contribution in [0.15, 0.2) is 42.5 Å². The summed E-state index contributed by atoms with van der Waals surface area (Å²) in [6.07, 6.45) is 3.41. The van der Waals surface area contributed by atoms with Crippen LogP contribution in [0.4, 0.5) is 0 Å². The van der Waals surface area contributed by atoms with Crippen LogP contribution in [-0.4, -0.2) is 40.7 Å². The van der Waals surface area contributed by atoms with Crippen molar-refractivity contribution in [1.82, 2.24) is 14.9 Å². The topological polar surface area (TPSA) is 67.5 Å². The number of carbonyl (C=O) groups is 1. The summed E-state index contributed by atoms with van der Waals surface area (Å²) >= 11 is 0. The third kappa shape index (κ3) is 2.93. The van der Waals surface area contributed by atoms with Crippen molar-refractivity contribution in [2.24, 2.45) is 0 Å². The minimum atomic E-state index is 0.0101. The highest BCUT2D eigenvalue weighted by molar-refractivity contribution is 5.92. The van der Waals surface area contributed by atoms with Crippen molar-refractivity contribution in [2.45, 2.75) is 12.8 Å². The van der Waals surface area contributed by atoms with E-state index < -0.39 is 0 Å². The van der Waals surface area contributed by atoms with Gasteiger partial charge in [-0.15, -0.1) is 0 Å². The molecule has 0 spiro atoms. The highest BCUT2D eigenvalue weighted by Gasteiger charge is 2.32. The monoisotopic (exact) mass is 361 g/mol. The number of carbonyl (C=O) groups excluding carboxylic acids is 1. The van der Waals surface area contributed by atoms with Crippen molar-refractivity contribution in [2.75, 3.05) is 19.9 Å². The molecule has 0 bridgehead atoms. The number of hydrogen-bond donors (Lipinski definition) is 1. The second kappa shape index (κ2) is 6.16. The number of nitrogens with zero attached hydrogens (tertiary/aromatic N) is 2. The van der Waals surface area contributed by atoms with Gasteiger partial charge >= 0.3 is 0 Å². The Morgan fingerprint density at radius 3 is 2.93 bits per heavy atom. The van der Waals surface area contributed by atoms with Crippen molar-refractivity contribution >= 4 is 23.0 Å². The van der Waals surface area contributed by atoms with Crippen LogP contribution in [0.2, 0.25) is 0 Å². The average Bonchev–Trinajstić information content (AvgIpc) is 3.24. The van der Waals surface area contributed by atoms with E-state index in [-0.39, 0.29) is 18.6 Å². The Kier molecular flexibility index (Phi) is 3.63. The molecule has 5 rings (SSSR count). The van der Waals surface area contributed by atoms with E-state index in [4.69, 9.17) is 9.47 Å². The van der Waals surface area contributed by atoms with Crippen LogP contribution >= 0.6 is 0 Å². The van der Waals surface area contributed by atoms with Gasteiger partial charge in [-0.2, -0.15) is 0 Å². The Balaban J connectivity index is 1.22. The number of aromatic nitrogens is 2. The number of fused-ring (bicyclic) bond motifs is 2. The van der Waals surface area contributed by atoms with E-state index in [0.29, 0.717) is 18.8 Å². The molecule has 1 N–H and O–H groups in total. The Morgan fingerprint density at radius 1 is 1.19 bits per heavy atom. The third-order valence-electron chi connectivity index (χ3n) is 5.05. The quantitative estimate of drug-likeness (QED) is 0.727. The standard InChI is InChI=1S/C21H19N3O3/c1-13-2-5-16-17(8-13)23-21(22-16)15-10-24(11-15)20(25)7-4-14-3-6-18-19(9-14)27-12-26-18/h2-9,15H,10-12H2,1H3,(H,22,23). The molecule has 3 heterocycles. The first-order chi connectivity index (χ1) is 13.2. The Labute approximate surface area is 156 Å². The maximum absolute atomic E-state index is 12.4. The first-order valence-corrected chi connectivity index (χ1v) is 8.98. The SMILES string of the molecule is Cc1ccc2nc(C3CN(C(=O)C=Cc4ccc5c(c4)OCO5)C3)[nH]c2c1. The van der Waals surface area contributed by atoms with Crippen LogP contribution in [0.5, 0.6) is 11.5 Å². The van der Waals surface area contributed by atoms with Crippen LogP contribution in [-0.2, 0) is 4.79 Å². The number of likely N-dealkylation sites (tertiary alicyclic amines) is 1. The van der Waals surface area contributed by atoms with Gasteiger partial charge in [-0.1, -0.05) is 12.1 Å². The first-order valence-electron chi connectivity index (χ1n) is 8.98. The molecule has 2 aliphatic rings. The van der Waals surface area contributed by atoms with E-state index in [1.165, 1.54) is 5.56 Å². The zero-order valence-corrected chi connectivity index (χ0v) is 14.9. The molecule has 27 heavy (non-hydrogen) atoms. The third-order valence-corrected chi connectivity index (χ3v) is 5.05. The number of nitrogens with one attached hydrogen (secondary N) is 1. The predicted octanol–water partition coefficient (Wildman–Crippen LogP) is 3.24. The number of aromatic amines is 1. The van der Waals surface area contributed by atoms with Gasteiger partial charge in [-0.25, -0.2) is 4.98 Å². The van der Waals surface area contributed by atoms with Crippen molar-refractivity contribution in [3.63, 3.8) is 0 Å². The van der Waals surface area contributed by atoms with E-state index in [1.807, 2.05) is 35.2 Å². The molecule has 1 saturated heterocycles. The van der Waals surface area contributed by atoms with E-state index in [9.17, 15) is 4.79 Å². The van der Waals surface area contributed by atoms with Gasteiger partial charge in [0.1, 0.15) is 5.82 Å². The fraction of sp³-hybridized carbons (Fsp3) is 0.238. The van der Waals surface area contributed by atoms with Crippen LogP contribution in [0.1, 0.15) is 22.9 Å². The number of imidazole rings is 1. The summed E-state index contributed by atoms with van der Waals surface area (Å²) in [7, 11) is 0. The number of hydrogen-bond acceptors (Lipinski definition) is 4. The van der Waals surface area contributed by atoms with Gasteiger partial charge in [0.25, 0.3) is 0 Å². The second-order valence-corrected chi connectivity index (χ2v) is 7.03. The summed E-state index contributed by atoms with van der Waals surface area (Å²) in [4.78, 5) is 22.3. The Morgan fingerprint density at radius 2 is 2.04 bits per heavy atom. The van der Waals surface area contributed by atoms with Gasteiger partial charge in [0.15, 0.2) is 11.5 Å². The largest absolute Gasteiger partial charge is 0.454 e. The molecule has 0 aliphatic carbocycles. The minimum Gasteiger partial charge on any atom is -0.454 e. The van der Waals surface area contributed by atoms with Crippen LogP contribution in [0.25, 0.3) is 17.1 Å². The lowest BCUT2D eigenvalue weighted by Crippen LogP contribution is -2.48. The molecule has 6 heteroatoms. The number of amides is 1. The number of H-pyrrole nitrogens is 1. The Hall–Kier alpha value is -3.28. The number of aryl methyl sites for hydroxylation is 1. The molecule has 6 nitrogen and oxygen atoms in total. The van der Waals surface area contributed by atoms with E-state index >= 15 is 0 Å². The van der Waals surface area contributed by atoms with Crippen molar-refractivity contribution in [3.8, 4) is 11.5 Å². The van der Waals surface area contributed by atoms with E-state index in [0.717, 1.165) is 28.2 Å². The number of rotatable bonds is 3. The highest BCUT2D eigenvalue weighted by atomic mass is 16.7. The van der Waals surface area contributed by atoms with Crippen molar-refractivity contribution in [1.29, 1.82) is 0 Å². The zero-order chi connectivity index (χ0) is 18.4. The lowest BCUT2D eigenvalue weighted by atomic mass is 9.99. The molecule has 0 unspecified atom stereocenters. The number of benzene rings is 2. The molecular formula is C21H19N3O3. The molecular weight excluding hydrogens is 342 g/mol. The second-order valence-electron chi connectivity index (χ2n) is 7.03. The van der Waals surface area contributed by atoms with Gasteiger partial charge in [-0.3, -0.25) is 4.79 Å². The summed E-state index contributed by atoms with van der Waals surface area (Å²) in [5.74, 6) is 2.69. The summed E-state index contributed by atoms with van der Waals surface area (Å²) in [5.41, 5.74) is 4.15. The van der Waals surface area contributed by atoms with Gasteiger partial charge in [0, 0.05) is 19.2 Å². The van der Waals surface area contributed by atoms with Gasteiger partial charge in [0.05, 0.1) is 17.0 Å². The smallest absolute Gasteiger partial charge is 0.246 e. The van der Waals surface area contributed by atoms with E-state index in [1.54, 1.807) is 6.08 Å². The highest BCUT2D eigenvalue weighted by Crippen LogP contribution is 2.33. The molecule has 0 radical (unpaired) electrons. The molecule has 1 amide bonds. The molecule has 0 saturated carbocycles. The normalized spacial score (nSPS) is 16.3. The maximum atomic E-state index is 12.4.